The molecule has 0 bridgehead atoms. The van der Waals surface area contributed by atoms with Crippen molar-refractivity contribution in [3.8, 4) is 0 Å². The van der Waals surface area contributed by atoms with Crippen LogP contribution in [0.3, 0.4) is 0 Å². The molecule has 1 heteroatoms. The topological polar surface area (TPSA) is 20.2 Å². The summed E-state index contributed by atoms with van der Waals surface area (Å²) in [5.41, 5.74) is 4.05. The van der Waals surface area contributed by atoms with Gasteiger partial charge in [-0.2, -0.15) is 0 Å². The number of aryl methyl sites for hydroxylation is 1. The van der Waals surface area contributed by atoms with Crippen molar-refractivity contribution >= 4 is 0 Å². The lowest BCUT2D eigenvalue weighted by molar-refractivity contribution is 0.180. The van der Waals surface area contributed by atoms with Gasteiger partial charge >= 0.3 is 0 Å². The fourth-order valence-corrected chi connectivity index (χ4v) is 2.06. The zero-order valence-corrected chi connectivity index (χ0v) is 9.17. The lowest BCUT2D eigenvalue weighted by Gasteiger charge is -2.20. The molecule has 0 amide bonds. The number of hydrogen-bond acceptors (Lipinski definition) is 1. The quantitative estimate of drug-likeness (QED) is 0.667. The molecule has 1 aliphatic carbocycles. The van der Waals surface area contributed by atoms with Crippen molar-refractivity contribution in [3.05, 3.63) is 34.9 Å². The van der Waals surface area contributed by atoms with Crippen molar-refractivity contribution < 1.29 is 5.11 Å². The Hall–Kier alpha value is -0.820. The third kappa shape index (κ3) is 1.57. The molecule has 0 unspecified atom stereocenters. The van der Waals surface area contributed by atoms with Gasteiger partial charge in [0.15, 0.2) is 0 Å². The van der Waals surface area contributed by atoms with Gasteiger partial charge < -0.3 is 5.11 Å². The first-order valence-corrected chi connectivity index (χ1v) is 5.30. The summed E-state index contributed by atoms with van der Waals surface area (Å²) in [6, 6.07) is 6.49. The fraction of sp³-hybridized carbons (Fsp3) is 0.538. The highest BCUT2D eigenvalue weighted by molar-refractivity contribution is 5.39. The molecule has 1 aromatic rings. The van der Waals surface area contributed by atoms with E-state index in [9.17, 15) is 5.11 Å². The van der Waals surface area contributed by atoms with Crippen molar-refractivity contribution in [2.45, 2.75) is 45.1 Å². The second-order valence-electron chi connectivity index (χ2n) is 5.22. The summed E-state index contributed by atoms with van der Waals surface area (Å²) < 4.78 is 0. The van der Waals surface area contributed by atoms with Crippen LogP contribution in [0.15, 0.2) is 18.2 Å². The minimum atomic E-state index is -0.223. The summed E-state index contributed by atoms with van der Waals surface area (Å²) in [5, 5.41) is 9.68. The van der Waals surface area contributed by atoms with Crippen LogP contribution in [0.4, 0.5) is 0 Å². The second kappa shape index (κ2) is 3.09. The molecule has 0 heterocycles. The van der Waals surface area contributed by atoms with Crippen LogP contribution in [0, 0.1) is 0 Å². The SMILES string of the molecule is CC(C)(C)c1ccc2c(c1)CC[C@@H]2O. The van der Waals surface area contributed by atoms with E-state index in [1.165, 1.54) is 11.1 Å². The standard InChI is InChI=1S/C13H18O/c1-13(2,3)10-5-6-11-9(8-10)4-7-12(11)14/h5-6,8,12,14H,4,7H2,1-3H3/t12-/m0/s1. The molecule has 76 valence electrons. The Balaban J connectivity index is 2.42. The van der Waals surface area contributed by atoms with Crippen molar-refractivity contribution in [3.63, 3.8) is 0 Å². The molecule has 1 N–H and O–H groups in total. The van der Waals surface area contributed by atoms with E-state index in [0.29, 0.717) is 0 Å². The van der Waals surface area contributed by atoms with Crippen LogP contribution < -0.4 is 0 Å². The Bertz CT molecular complexity index is 347. The molecule has 0 saturated heterocycles. The largest absolute Gasteiger partial charge is 0.388 e. The molecule has 1 aliphatic rings. The van der Waals surface area contributed by atoms with Crippen LogP contribution in [0.2, 0.25) is 0 Å². The molecular formula is C13H18O. The van der Waals surface area contributed by atoms with Crippen molar-refractivity contribution in [1.29, 1.82) is 0 Å². The Labute approximate surface area is 85.8 Å². The van der Waals surface area contributed by atoms with Gasteiger partial charge in [-0.1, -0.05) is 39.0 Å². The van der Waals surface area contributed by atoms with E-state index in [1.54, 1.807) is 0 Å². The van der Waals surface area contributed by atoms with E-state index in [2.05, 4.69) is 39.0 Å². The number of aliphatic hydroxyl groups excluding tert-OH is 1. The van der Waals surface area contributed by atoms with Gasteiger partial charge in [0.1, 0.15) is 0 Å². The number of hydrogen-bond donors (Lipinski definition) is 1. The zero-order valence-electron chi connectivity index (χ0n) is 9.17. The summed E-state index contributed by atoms with van der Waals surface area (Å²) in [7, 11) is 0. The third-order valence-corrected chi connectivity index (χ3v) is 3.06. The zero-order chi connectivity index (χ0) is 10.3. The van der Waals surface area contributed by atoms with E-state index in [4.69, 9.17) is 0 Å². The predicted octanol–water partition coefficient (Wildman–Crippen LogP) is 2.96. The van der Waals surface area contributed by atoms with Gasteiger partial charge in [-0.05, 0) is 34.9 Å². The van der Waals surface area contributed by atoms with Crippen LogP contribution in [-0.2, 0) is 11.8 Å². The molecule has 0 radical (unpaired) electrons. The molecule has 1 atom stereocenters. The number of rotatable bonds is 0. The summed E-state index contributed by atoms with van der Waals surface area (Å²) >= 11 is 0. The Morgan fingerprint density at radius 2 is 2.00 bits per heavy atom. The monoisotopic (exact) mass is 190 g/mol. The van der Waals surface area contributed by atoms with Crippen LogP contribution in [0.5, 0.6) is 0 Å². The Kier molecular flexibility index (Phi) is 2.15. The minimum absolute atomic E-state index is 0.211. The summed E-state index contributed by atoms with van der Waals surface area (Å²) in [4.78, 5) is 0. The first-order chi connectivity index (χ1) is 6.48. The van der Waals surface area contributed by atoms with Crippen molar-refractivity contribution in [1.82, 2.24) is 0 Å². The van der Waals surface area contributed by atoms with E-state index in [-0.39, 0.29) is 11.5 Å². The first kappa shape index (κ1) is 9.72. The molecule has 0 aromatic heterocycles. The van der Waals surface area contributed by atoms with E-state index < -0.39 is 0 Å². The van der Waals surface area contributed by atoms with Crippen LogP contribution in [0.1, 0.15) is 50.0 Å². The normalized spacial score (nSPS) is 21.0. The lowest BCUT2D eigenvalue weighted by atomic mass is 9.85. The summed E-state index contributed by atoms with van der Waals surface area (Å²) in [6.07, 6.45) is 1.70. The number of fused-ring (bicyclic) bond motifs is 1. The highest BCUT2D eigenvalue weighted by Crippen LogP contribution is 2.34. The van der Waals surface area contributed by atoms with Gasteiger partial charge in [-0.25, -0.2) is 0 Å². The predicted molar refractivity (Wildman–Crippen MR) is 58.4 cm³/mol. The molecular weight excluding hydrogens is 172 g/mol. The van der Waals surface area contributed by atoms with Gasteiger partial charge in [0.05, 0.1) is 6.10 Å². The van der Waals surface area contributed by atoms with E-state index in [1.807, 2.05) is 0 Å². The Morgan fingerprint density at radius 3 is 2.64 bits per heavy atom. The van der Waals surface area contributed by atoms with Crippen molar-refractivity contribution in [2.24, 2.45) is 0 Å². The highest BCUT2D eigenvalue weighted by atomic mass is 16.3. The second-order valence-corrected chi connectivity index (χ2v) is 5.22. The number of aliphatic hydroxyl groups is 1. The van der Waals surface area contributed by atoms with Crippen LogP contribution in [-0.4, -0.2) is 5.11 Å². The molecule has 1 aromatic carbocycles. The molecule has 0 aliphatic heterocycles. The molecule has 0 fully saturated rings. The highest BCUT2D eigenvalue weighted by Gasteiger charge is 2.22. The van der Waals surface area contributed by atoms with Crippen LogP contribution in [0.25, 0.3) is 0 Å². The lowest BCUT2D eigenvalue weighted by Crippen LogP contribution is -2.11. The van der Waals surface area contributed by atoms with E-state index in [0.717, 1.165) is 18.4 Å². The maximum absolute atomic E-state index is 9.68. The fourth-order valence-electron chi connectivity index (χ4n) is 2.06. The van der Waals surface area contributed by atoms with Crippen LogP contribution >= 0.6 is 0 Å². The Morgan fingerprint density at radius 1 is 1.29 bits per heavy atom. The number of benzene rings is 1. The first-order valence-electron chi connectivity index (χ1n) is 5.30. The molecule has 0 spiro atoms. The summed E-state index contributed by atoms with van der Waals surface area (Å²) in [5.74, 6) is 0. The maximum atomic E-state index is 9.68. The molecule has 1 nitrogen and oxygen atoms in total. The minimum Gasteiger partial charge on any atom is -0.388 e. The van der Waals surface area contributed by atoms with Gasteiger partial charge in [0, 0.05) is 0 Å². The average Bonchev–Trinajstić information content (AvgIpc) is 2.46. The third-order valence-electron chi connectivity index (χ3n) is 3.06. The molecule has 0 saturated carbocycles. The smallest absolute Gasteiger partial charge is 0.0795 e. The van der Waals surface area contributed by atoms with Gasteiger partial charge in [0.25, 0.3) is 0 Å². The molecule has 14 heavy (non-hydrogen) atoms. The molecule has 2 rings (SSSR count). The van der Waals surface area contributed by atoms with Gasteiger partial charge in [-0.15, -0.1) is 0 Å². The average molecular weight is 190 g/mol. The van der Waals surface area contributed by atoms with Gasteiger partial charge in [-0.3, -0.25) is 0 Å². The van der Waals surface area contributed by atoms with E-state index >= 15 is 0 Å². The maximum Gasteiger partial charge on any atom is 0.0795 e. The van der Waals surface area contributed by atoms with Crippen molar-refractivity contribution in [2.75, 3.05) is 0 Å². The van der Waals surface area contributed by atoms with Gasteiger partial charge in [0.2, 0.25) is 0 Å². The summed E-state index contributed by atoms with van der Waals surface area (Å²) in [6.45, 7) is 6.67.